The third-order valence-electron chi connectivity index (χ3n) is 7.42. The van der Waals surface area contributed by atoms with Gasteiger partial charge in [0.25, 0.3) is 0 Å². The van der Waals surface area contributed by atoms with Crippen molar-refractivity contribution in [1.82, 2.24) is 15.1 Å². The SMILES string of the molecule is COc1cccc(OC)c1-c1nn(-c2ccc(C)cc2C)c2c1C(c1ccsc1)SCC(=O)N2CC(=O)NC1CC1. The maximum atomic E-state index is 13.9. The third-order valence-corrected chi connectivity index (χ3v) is 9.38. The van der Waals surface area contributed by atoms with Crippen LogP contribution in [0.4, 0.5) is 5.82 Å². The van der Waals surface area contributed by atoms with Gasteiger partial charge in [-0.25, -0.2) is 4.68 Å². The van der Waals surface area contributed by atoms with Crippen LogP contribution >= 0.6 is 23.1 Å². The normalized spacial score (nSPS) is 16.7. The fourth-order valence-electron chi connectivity index (χ4n) is 5.33. The molecule has 1 atom stereocenters. The number of ether oxygens (including phenoxy) is 2. The number of carbonyl (C=O) groups is 2. The molecule has 212 valence electrons. The van der Waals surface area contributed by atoms with Gasteiger partial charge in [0.15, 0.2) is 0 Å². The molecule has 2 aliphatic rings. The van der Waals surface area contributed by atoms with Crippen molar-refractivity contribution in [2.45, 2.75) is 38.0 Å². The molecule has 1 unspecified atom stereocenters. The number of carbonyl (C=O) groups excluding carboxylic acids is 2. The van der Waals surface area contributed by atoms with Crippen molar-refractivity contribution in [2.24, 2.45) is 0 Å². The van der Waals surface area contributed by atoms with Gasteiger partial charge in [-0.2, -0.15) is 16.4 Å². The Balaban J connectivity index is 1.67. The van der Waals surface area contributed by atoms with Gasteiger partial charge in [-0.3, -0.25) is 14.5 Å². The van der Waals surface area contributed by atoms with E-state index in [1.165, 1.54) is 0 Å². The van der Waals surface area contributed by atoms with E-state index in [1.807, 2.05) is 54.2 Å². The van der Waals surface area contributed by atoms with Crippen LogP contribution in [0.25, 0.3) is 16.9 Å². The molecule has 1 fully saturated rings. The van der Waals surface area contributed by atoms with Gasteiger partial charge in [-0.15, -0.1) is 11.8 Å². The Morgan fingerprint density at radius 1 is 1.10 bits per heavy atom. The van der Waals surface area contributed by atoms with E-state index in [0.29, 0.717) is 28.6 Å². The van der Waals surface area contributed by atoms with Crippen LogP contribution in [0.3, 0.4) is 0 Å². The molecule has 0 saturated heterocycles. The number of anilines is 1. The number of hydrogen-bond acceptors (Lipinski definition) is 7. The van der Waals surface area contributed by atoms with Crippen LogP contribution in [0.2, 0.25) is 0 Å². The van der Waals surface area contributed by atoms with E-state index in [9.17, 15) is 9.59 Å². The molecular formula is C31H32N4O4S2. The number of thioether (sulfide) groups is 1. The Kier molecular flexibility index (Phi) is 7.52. The van der Waals surface area contributed by atoms with E-state index in [1.54, 1.807) is 42.2 Å². The van der Waals surface area contributed by atoms with E-state index < -0.39 is 0 Å². The van der Waals surface area contributed by atoms with E-state index in [0.717, 1.165) is 40.8 Å². The van der Waals surface area contributed by atoms with Gasteiger partial charge in [0.1, 0.15) is 29.6 Å². The highest BCUT2D eigenvalue weighted by atomic mass is 32.2. The first-order chi connectivity index (χ1) is 19.9. The largest absolute Gasteiger partial charge is 0.496 e. The Morgan fingerprint density at radius 2 is 1.85 bits per heavy atom. The minimum absolute atomic E-state index is 0.0850. The predicted octanol–water partition coefficient (Wildman–Crippen LogP) is 5.68. The summed E-state index contributed by atoms with van der Waals surface area (Å²) in [6.45, 7) is 4.00. The fourth-order valence-corrected chi connectivity index (χ4v) is 7.29. The molecule has 2 amide bonds. The lowest BCUT2D eigenvalue weighted by Gasteiger charge is -2.23. The summed E-state index contributed by atoms with van der Waals surface area (Å²) >= 11 is 3.16. The summed E-state index contributed by atoms with van der Waals surface area (Å²) in [6.07, 6.45) is 1.94. The zero-order valence-corrected chi connectivity index (χ0v) is 25.1. The number of benzene rings is 2. The number of aryl methyl sites for hydroxylation is 2. The molecule has 0 spiro atoms. The Hall–Kier alpha value is -3.76. The van der Waals surface area contributed by atoms with Crippen molar-refractivity contribution in [3.05, 3.63) is 75.5 Å². The number of nitrogens with zero attached hydrogens (tertiary/aromatic N) is 3. The number of fused-ring (bicyclic) bond motifs is 1. The summed E-state index contributed by atoms with van der Waals surface area (Å²) in [5.74, 6) is 1.73. The molecule has 10 heteroatoms. The summed E-state index contributed by atoms with van der Waals surface area (Å²) in [6, 6.07) is 14.1. The second kappa shape index (κ2) is 11.3. The first-order valence-corrected chi connectivity index (χ1v) is 15.5. The highest BCUT2D eigenvalue weighted by Crippen LogP contribution is 2.52. The van der Waals surface area contributed by atoms with Gasteiger partial charge in [0, 0.05) is 11.6 Å². The van der Waals surface area contributed by atoms with Crippen LogP contribution in [0.5, 0.6) is 11.5 Å². The van der Waals surface area contributed by atoms with Crippen molar-refractivity contribution in [2.75, 3.05) is 31.4 Å². The maximum absolute atomic E-state index is 13.9. The summed E-state index contributed by atoms with van der Waals surface area (Å²) in [4.78, 5) is 28.7. The zero-order chi connectivity index (χ0) is 28.7. The predicted molar refractivity (Wildman–Crippen MR) is 164 cm³/mol. The number of thiophene rings is 1. The lowest BCUT2D eigenvalue weighted by molar-refractivity contribution is -0.123. The minimum atomic E-state index is -0.208. The highest BCUT2D eigenvalue weighted by molar-refractivity contribution is 8.00. The monoisotopic (exact) mass is 588 g/mol. The third kappa shape index (κ3) is 5.22. The summed E-state index contributed by atoms with van der Waals surface area (Å²) in [5, 5.41) is 12.2. The molecule has 1 aliphatic carbocycles. The van der Waals surface area contributed by atoms with E-state index >= 15 is 0 Å². The number of methoxy groups -OCH3 is 2. The number of hydrogen-bond donors (Lipinski definition) is 1. The van der Waals surface area contributed by atoms with Crippen LogP contribution < -0.4 is 19.7 Å². The summed E-state index contributed by atoms with van der Waals surface area (Å²) in [5.41, 5.74) is 6.25. The van der Waals surface area contributed by atoms with Crippen LogP contribution in [0, 0.1) is 13.8 Å². The first-order valence-electron chi connectivity index (χ1n) is 13.5. The molecule has 8 nitrogen and oxygen atoms in total. The molecule has 0 radical (unpaired) electrons. The van der Waals surface area contributed by atoms with E-state index in [4.69, 9.17) is 14.6 Å². The molecule has 2 aromatic heterocycles. The van der Waals surface area contributed by atoms with Crippen LogP contribution in [-0.2, 0) is 9.59 Å². The van der Waals surface area contributed by atoms with Gasteiger partial charge < -0.3 is 14.8 Å². The molecule has 0 bridgehead atoms. The molecule has 1 N–H and O–H groups in total. The number of amides is 2. The standard InChI is InChI=1S/C31H32N4O4S2/c1-18-8-11-22(19(2)14-18)35-31-28(29(33-35)27-23(38-3)6-5-7-24(27)39-4)30(20-12-13-40-16-20)41-17-26(37)34(31)15-25(36)32-21-9-10-21/h5-8,11-14,16,21,30H,9-10,15,17H2,1-4H3,(H,32,36). The Morgan fingerprint density at radius 3 is 2.49 bits per heavy atom. The number of nitrogens with one attached hydrogen (secondary N) is 1. The van der Waals surface area contributed by atoms with E-state index in [-0.39, 0.29) is 35.4 Å². The van der Waals surface area contributed by atoms with Crippen molar-refractivity contribution in [1.29, 1.82) is 0 Å². The molecule has 2 aromatic carbocycles. The van der Waals surface area contributed by atoms with Crippen molar-refractivity contribution in [3.8, 4) is 28.4 Å². The van der Waals surface area contributed by atoms with Crippen molar-refractivity contribution in [3.63, 3.8) is 0 Å². The van der Waals surface area contributed by atoms with Crippen molar-refractivity contribution < 1.29 is 19.1 Å². The Labute approximate surface area is 247 Å². The second-order valence-electron chi connectivity index (χ2n) is 10.4. The van der Waals surface area contributed by atoms with Crippen LogP contribution in [0.15, 0.2) is 53.2 Å². The molecule has 6 rings (SSSR count). The quantitative estimate of drug-likeness (QED) is 0.285. The Bertz CT molecular complexity index is 1590. The molecular weight excluding hydrogens is 556 g/mol. The zero-order valence-electron chi connectivity index (χ0n) is 23.5. The second-order valence-corrected chi connectivity index (χ2v) is 12.3. The maximum Gasteiger partial charge on any atom is 0.240 e. The average molecular weight is 589 g/mol. The van der Waals surface area contributed by atoms with Gasteiger partial charge in [-0.1, -0.05) is 23.8 Å². The fraction of sp³-hybridized carbons (Fsp3) is 0.323. The summed E-state index contributed by atoms with van der Waals surface area (Å²) < 4.78 is 13.5. The average Bonchev–Trinajstić information content (AvgIpc) is 3.49. The molecule has 4 aromatic rings. The van der Waals surface area contributed by atoms with Gasteiger partial charge >= 0.3 is 0 Å². The summed E-state index contributed by atoms with van der Waals surface area (Å²) in [7, 11) is 3.25. The van der Waals surface area contributed by atoms with Crippen LogP contribution in [0.1, 0.15) is 40.3 Å². The molecule has 1 saturated carbocycles. The first kappa shape index (κ1) is 27.4. The lowest BCUT2D eigenvalue weighted by atomic mass is 9.99. The minimum Gasteiger partial charge on any atom is -0.496 e. The molecule has 41 heavy (non-hydrogen) atoms. The van der Waals surface area contributed by atoms with E-state index in [2.05, 4.69) is 22.8 Å². The van der Waals surface area contributed by atoms with Gasteiger partial charge in [-0.05, 0) is 72.8 Å². The lowest BCUT2D eigenvalue weighted by Crippen LogP contribution is -2.43. The van der Waals surface area contributed by atoms with Crippen LogP contribution in [-0.4, -0.2) is 54.2 Å². The molecule has 1 aliphatic heterocycles. The van der Waals surface area contributed by atoms with Gasteiger partial charge in [0.05, 0.1) is 36.5 Å². The highest BCUT2D eigenvalue weighted by Gasteiger charge is 2.39. The topological polar surface area (TPSA) is 85.7 Å². The number of aromatic nitrogens is 2. The van der Waals surface area contributed by atoms with Crippen molar-refractivity contribution >= 4 is 40.7 Å². The molecule has 3 heterocycles. The smallest absolute Gasteiger partial charge is 0.240 e. The number of rotatable bonds is 8. The van der Waals surface area contributed by atoms with Gasteiger partial charge in [0.2, 0.25) is 11.8 Å².